The molecule has 0 aromatic heterocycles. The molecule has 1 aromatic rings. The number of carbonyl (C=O) groups excluding carboxylic acids is 1. The maximum absolute atomic E-state index is 11.4. The van der Waals surface area contributed by atoms with Crippen molar-refractivity contribution in [3.05, 3.63) is 36.4 Å². The Balaban J connectivity index is 3.41. The van der Waals surface area contributed by atoms with Gasteiger partial charge in [0.05, 0.1) is 10.3 Å². The van der Waals surface area contributed by atoms with Crippen LogP contribution in [0.25, 0.3) is 0 Å². The second kappa shape index (κ2) is 5.22. The summed E-state index contributed by atoms with van der Waals surface area (Å²) in [6.07, 6.45) is 0. The molecular weight excluding hydrogens is 400 g/mol. The van der Waals surface area contributed by atoms with Crippen molar-refractivity contribution in [1.82, 2.24) is 0 Å². The highest BCUT2D eigenvalue weighted by Crippen LogP contribution is 2.30. The van der Waals surface area contributed by atoms with Crippen LogP contribution in [0.3, 0.4) is 0 Å². The van der Waals surface area contributed by atoms with Gasteiger partial charge < -0.3 is 0 Å². The van der Waals surface area contributed by atoms with Crippen LogP contribution in [0, 0.1) is 13.7 Å². The zero-order valence-corrected chi connectivity index (χ0v) is 11.7. The van der Waals surface area contributed by atoms with E-state index in [0.717, 1.165) is 0 Å². The highest BCUT2D eigenvalue weighted by molar-refractivity contribution is 14.1. The van der Waals surface area contributed by atoms with E-state index in [2.05, 4.69) is 15.9 Å². The third-order valence-electron chi connectivity index (χ3n) is 1.64. The molecule has 7 heteroatoms. The number of Topliss-reactive ketones (excluding diaryl/α,β-unsaturated/α-hetero) is 1. The average molecular weight is 404 g/mol. The van der Waals surface area contributed by atoms with E-state index in [-0.39, 0.29) is 27.4 Å². The number of ketones is 1. The van der Waals surface area contributed by atoms with Gasteiger partial charge in [0.25, 0.3) is 5.69 Å². The van der Waals surface area contributed by atoms with Crippen LogP contribution >= 0.6 is 50.1 Å². The molecule has 0 aliphatic heterocycles. The maximum atomic E-state index is 11.4. The largest absolute Gasteiger partial charge is 0.293 e. The van der Waals surface area contributed by atoms with Gasteiger partial charge in [-0.1, -0.05) is 27.5 Å². The number of hydrogen-bond donors (Lipinski definition) is 0. The van der Waals surface area contributed by atoms with Crippen molar-refractivity contribution in [3.8, 4) is 0 Å². The predicted octanol–water partition coefficient (Wildman–Crippen LogP) is 3.43. The number of carbonyl (C=O) groups is 1. The third kappa shape index (κ3) is 2.88. The fourth-order valence-corrected chi connectivity index (χ4v) is 2.17. The average Bonchev–Trinajstić information content (AvgIpc) is 2.19. The monoisotopic (exact) mass is 403 g/mol. The fraction of sp³-hybridized carbons (Fsp3) is 0.125. The summed E-state index contributed by atoms with van der Waals surface area (Å²) in [4.78, 5) is 21.4. The number of rotatable bonds is 3. The van der Waals surface area contributed by atoms with Crippen molar-refractivity contribution in [1.29, 1.82) is 0 Å². The second-order valence-electron chi connectivity index (χ2n) is 2.60. The van der Waals surface area contributed by atoms with Crippen LogP contribution < -0.4 is 0 Å². The Morgan fingerprint density at radius 2 is 2.20 bits per heavy atom. The Labute approximate surface area is 112 Å². The second-order valence-corrected chi connectivity index (χ2v) is 4.78. The van der Waals surface area contributed by atoms with Crippen LogP contribution in [0.4, 0.5) is 5.69 Å². The minimum Gasteiger partial charge on any atom is -0.293 e. The van der Waals surface area contributed by atoms with E-state index in [1.807, 2.05) is 22.6 Å². The van der Waals surface area contributed by atoms with Gasteiger partial charge in [0.15, 0.2) is 5.78 Å². The lowest BCUT2D eigenvalue weighted by Crippen LogP contribution is -2.03. The number of hydrogen-bond acceptors (Lipinski definition) is 3. The molecule has 0 heterocycles. The Hall–Kier alpha value is -0.210. The summed E-state index contributed by atoms with van der Waals surface area (Å²) in [5.74, 6) is -0.276. The minimum atomic E-state index is -0.602. The number of nitro groups is 1. The summed E-state index contributed by atoms with van der Waals surface area (Å²) >= 11 is 10.7. The van der Waals surface area contributed by atoms with E-state index >= 15 is 0 Å². The summed E-state index contributed by atoms with van der Waals surface area (Å²) in [7, 11) is 0. The van der Waals surface area contributed by atoms with E-state index < -0.39 is 4.92 Å². The zero-order valence-electron chi connectivity index (χ0n) is 7.17. The maximum Gasteiger partial charge on any atom is 0.289 e. The molecule has 0 saturated carbocycles. The summed E-state index contributed by atoms with van der Waals surface area (Å²) in [6.45, 7) is 0. The van der Waals surface area contributed by atoms with Crippen molar-refractivity contribution in [2.24, 2.45) is 0 Å². The van der Waals surface area contributed by atoms with E-state index in [1.165, 1.54) is 12.1 Å². The number of halogens is 3. The van der Waals surface area contributed by atoms with Crippen LogP contribution in [0.2, 0.25) is 5.02 Å². The van der Waals surface area contributed by atoms with E-state index in [0.29, 0.717) is 3.57 Å². The number of nitro benzene ring substituents is 1. The van der Waals surface area contributed by atoms with Crippen molar-refractivity contribution >= 4 is 61.6 Å². The van der Waals surface area contributed by atoms with Crippen LogP contribution in [0.5, 0.6) is 0 Å². The molecule has 4 nitrogen and oxygen atoms in total. The molecule has 0 bridgehead atoms. The van der Waals surface area contributed by atoms with Gasteiger partial charge in [0, 0.05) is 15.2 Å². The predicted molar refractivity (Wildman–Crippen MR) is 68.9 cm³/mol. The SMILES string of the molecule is O=C(CBr)c1cc(I)cc([N+](=O)[O-])c1Cl. The minimum absolute atomic E-state index is 0.0873. The van der Waals surface area contributed by atoms with E-state index in [1.54, 1.807) is 0 Å². The first-order valence-electron chi connectivity index (χ1n) is 3.70. The number of nitrogens with zero attached hydrogens (tertiary/aromatic N) is 1. The molecule has 1 aromatic carbocycles. The summed E-state index contributed by atoms with van der Waals surface area (Å²) in [5, 5.41) is 10.6. The van der Waals surface area contributed by atoms with Gasteiger partial charge in [-0.3, -0.25) is 14.9 Å². The highest BCUT2D eigenvalue weighted by Gasteiger charge is 2.20. The third-order valence-corrected chi connectivity index (χ3v) is 3.17. The van der Waals surface area contributed by atoms with Crippen molar-refractivity contribution in [3.63, 3.8) is 0 Å². The van der Waals surface area contributed by atoms with Gasteiger partial charge in [0.1, 0.15) is 5.02 Å². The summed E-state index contributed by atoms with van der Waals surface area (Å²) in [5.41, 5.74) is -0.0694. The molecule has 1 rings (SSSR count). The lowest BCUT2D eigenvalue weighted by Gasteiger charge is -2.03. The molecule has 0 spiro atoms. The first-order chi connectivity index (χ1) is 6.97. The standard InChI is InChI=1S/C8H4BrClINO3/c9-3-7(13)5-1-4(11)2-6(8(5)10)12(14)15/h1-2H,3H2. The van der Waals surface area contributed by atoms with Crippen LogP contribution in [0.1, 0.15) is 10.4 Å². The highest BCUT2D eigenvalue weighted by atomic mass is 127. The van der Waals surface area contributed by atoms with E-state index in [9.17, 15) is 14.9 Å². The molecule has 0 N–H and O–H groups in total. The quantitative estimate of drug-likeness (QED) is 0.255. The van der Waals surface area contributed by atoms with Crippen molar-refractivity contribution < 1.29 is 9.72 Å². The molecule has 0 aliphatic rings. The van der Waals surface area contributed by atoms with Crippen LogP contribution in [-0.4, -0.2) is 16.0 Å². The Morgan fingerprint density at radius 3 is 2.67 bits per heavy atom. The first kappa shape index (κ1) is 12.9. The van der Waals surface area contributed by atoms with Gasteiger partial charge in [-0.05, 0) is 28.7 Å². The Bertz CT molecular complexity index is 438. The molecule has 80 valence electrons. The lowest BCUT2D eigenvalue weighted by molar-refractivity contribution is -0.384. The molecule has 0 atom stereocenters. The van der Waals surface area contributed by atoms with E-state index in [4.69, 9.17) is 11.6 Å². The van der Waals surface area contributed by atoms with Gasteiger partial charge in [-0.15, -0.1) is 0 Å². The molecule has 0 fully saturated rings. The molecular formula is C8H4BrClINO3. The van der Waals surface area contributed by atoms with Crippen molar-refractivity contribution in [2.75, 3.05) is 5.33 Å². The lowest BCUT2D eigenvalue weighted by atomic mass is 10.1. The molecule has 0 aliphatic carbocycles. The Morgan fingerprint density at radius 1 is 1.60 bits per heavy atom. The molecule has 0 radical (unpaired) electrons. The number of benzene rings is 1. The Kier molecular flexibility index (Phi) is 4.47. The molecule has 0 amide bonds. The van der Waals surface area contributed by atoms with Crippen molar-refractivity contribution in [2.45, 2.75) is 0 Å². The van der Waals surface area contributed by atoms with Gasteiger partial charge >= 0.3 is 0 Å². The zero-order chi connectivity index (χ0) is 11.6. The molecule has 15 heavy (non-hydrogen) atoms. The van der Waals surface area contributed by atoms with Gasteiger partial charge in [0.2, 0.25) is 0 Å². The van der Waals surface area contributed by atoms with Crippen LogP contribution in [0.15, 0.2) is 12.1 Å². The van der Waals surface area contributed by atoms with Gasteiger partial charge in [-0.25, -0.2) is 0 Å². The smallest absolute Gasteiger partial charge is 0.289 e. The normalized spacial score (nSPS) is 10.1. The molecule has 0 saturated heterocycles. The summed E-state index contributed by atoms with van der Waals surface area (Å²) < 4.78 is 0.605. The first-order valence-corrected chi connectivity index (χ1v) is 6.27. The fourth-order valence-electron chi connectivity index (χ4n) is 0.983. The topological polar surface area (TPSA) is 60.2 Å². The van der Waals surface area contributed by atoms with Gasteiger partial charge in [-0.2, -0.15) is 0 Å². The number of alkyl halides is 1. The summed E-state index contributed by atoms with van der Waals surface area (Å²) in [6, 6.07) is 2.85. The molecule has 0 unspecified atom stereocenters. The van der Waals surface area contributed by atoms with Crippen LogP contribution in [-0.2, 0) is 0 Å².